The second kappa shape index (κ2) is 6.74. The predicted molar refractivity (Wildman–Crippen MR) is 78.4 cm³/mol. The molecule has 2 rings (SSSR count). The van der Waals surface area contributed by atoms with Crippen molar-refractivity contribution in [3.63, 3.8) is 0 Å². The van der Waals surface area contributed by atoms with Crippen molar-refractivity contribution in [3.8, 4) is 11.5 Å². The van der Waals surface area contributed by atoms with Crippen LogP contribution >= 0.6 is 0 Å². The topological polar surface area (TPSA) is 121 Å². The molecule has 0 aliphatic carbocycles. The summed E-state index contributed by atoms with van der Waals surface area (Å²) in [6, 6.07) is 1.02. The highest BCUT2D eigenvalue weighted by Crippen LogP contribution is 2.26. The number of phenolic OH excluding ortho intramolecular Hbond substituents is 2. The maximum atomic E-state index is 13.2. The Morgan fingerprint density at radius 1 is 0.731 bits per heavy atom. The van der Waals surface area contributed by atoms with Crippen LogP contribution in [0.2, 0.25) is 0 Å². The summed E-state index contributed by atoms with van der Waals surface area (Å²) < 4.78 is 102. The van der Waals surface area contributed by atoms with Crippen LogP contribution in [0, 0.1) is 23.3 Å². The Morgan fingerprint density at radius 3 is 1.46 bits per heavy atom. The van der Waals surface area contributed by atoms with Gasteiger partial charge in [0, 0.05) is 0 Å². The molecule has 0 atom stereocenters. The number of benzene rings is 2. The van der Waals surface area contributed by atoms with Gasteiger partial charge in [-0.05, 0) is 24.3 Å². The van der Waals surface area contributed by atoms with Crippen LogP contribution in [-0.4, -0.2) is 32.9 Å². The number of rotatable bonds is 5. The van der Waals surface area contributed by atoms with Crippen molar-refractivity contribution in [1.29, 1.82) is 0 Å². The van der Waals surface area contributed by atoms with Crippen LogP contribution in [0.5, 0.6) is 11.5 Å². The standard InChI is InChI=1S/C13H9F4NO6S2/c14-8-1-6(2-9(15)12(8)19)25(21,22)5-18-26(23,24)7-3-10(16)13(20)11(17)4-7/h1-4,18-20H,5H2. The van der Waals surface area contributed by atoms with Crippen LogP contribution in [0.4, 0.5) is 17.6 Å². The highest BCUT2D eigenvalue weighted by atomic mass is 32.2. The molecule has 7 nitrogen and oxygen atoms in total. The van der Waals surface area contributed by atoms with E-state index in [-0.39, 0.29) is 24.3 Å². The molecule has 0 saturated carbocycles. The molecule has 0 amide bonds. The molecule has 26 heavy (non-hydrogen) atoms. The van der Waals surface area contributed by atoms with Crippen molar-refractivity contribution in [1.82, 2.24) is 4.72 Å². The molecule has 0 aliphatic heterocycles. The molecule has 0 unspecified atom stereocenters. The van der Waals surface area contributed by atoms with E-state index in [1.807, 2.05) is 0 Å². The molecule has 2 aromatic carbocycles. The lowest BCUT2D eigenvalue weighted by Gasteiger charge is -2.09. The fraction of sp³-hybridized carbons (Fsp3) is 0.0769. The number of halogens is 4. The van der Waals surface area contributed by atoms with Crippen LogP contribution in [0.25, 0.3) is 0 Å². The Labute approximate surface area is 144 Å². The first-order chi connectivity index (χ1) is 11.8. The number of sulfone groups is 1. The summed E-state index contributed by atoms with van der Waals surface area (Å²) in [5, 5.41) is 17.9. The van der Waals surface area contributed by atoms with Gasteiger partial charge in [0.1, 0.15) is 5.88 Å². The minimum atomic E-state index is -4.75. The first-order valence-electron chi connectivity index (χ1n) is 6.43. The van der Waals surface area contributed by atoms with Gasteiger partial charge in [0.2, 0.25) is 10.0 Å². The predicted octanol–water partition coefficient (Wildman–Crippen LogP) is 1.36. The number of hydrogen-bond donors (Lipinski definition) is 3. The monoisotopic (exact) mass is 415 g/mol. The number of aromatic hydroxyl groups is 2. The highest BCUT2D eigenvalue weighted by molar-refractivity contribution is 7.94. The largest absolute Gasteiger partial charge is 0.503 e. The summed E-state index contributed by atoms with van der Waals surface area (Å²) in [6.07, 6.45) is 0. The molecule has 0 radical (unpaired) electrons. The normalized spacial score (nSPS) is 12.3. The van der Waals surface area contributed by atoms with Crippen molar-refractivity contribution in [3.05, 3.63) is 47.5 Å². The van der Waals surface area contributed by atoms with Crippen LogP contribution in [0.3, 0.4) is 0 Å². The summed E-state index contributed by atoms with van der Waals surface area (Å²) in [4.78, 5) is -2.00. The van der Waals surface area contributed by atoms with E-state index >= 15 is 0 Å². The molecule has 0 bridgehead atoms. The van der Waals surface area contributed by atoms with Gasteiger partial charge in [-0.1, -0.05) is 0 Å². The Balaban J connectivity index is 2.32. The molecule has 142 valence electrons. The highest BCUT2D eigenvalue weighted by Gasteiger charge is 2.25. The van der Waals surface area contributed by atoms with Gasteiger partial charge < -0.3 is 10.2 Å². The van der Waals surface area contributed by atoms with E-state index < -0.39 is 70.3 Å². The summed E-state index contributed by atoms with van der Waals surface area (Å²) in [5.41, 5.74) is 0. The van der Waals surface area contributed by atoms with Crippen molar-refractivity contribution in [2.24, 2.45) is 0 Å². The molecule has 0 saturated heterocycles. The van der Waals surface area contributed by atoms with E-state index in [9.17, 15) is 34.4 Å². The van der Waals surface area contributed by atoms with Gasteiger partial charge in [0.15, 0.2) is 44.6 Å². The molecule has 0 heterocycles. The van der Waals surface area contributed by atoms with Crippen LogP contribution in [-0.2, 0) is 19.9 Å². The fourth-order valence-electron chi connectivity index (χ4n) is 1.74. The Hall–Kier alpha value is -2.38. The number of nitrogens with one attached hydrogen (secondary N) is 1. The van der Waals surface area contributed by atoms with Crippen molar-refractivity contribution in [2.75, 3.05) is 5.88 Å². The minimum Gasteiger partial charge on any atom is -0.503 e. The average Bonchev–Trinajstić information content (AvgIpc) is 2.55. The molecule has 0 spiro atoms. The lowest BCUT2D eigenvalue weighted by atomic mass is 10.3. The van der Waals surface area contributed by atoms with Crippen LogP contribution < -0.4 is 4.72 Å². The maximum absolute atomic E-state index is 13.2. The van der Waals surface area contributed by atoms with Crippen molar-refractivity contribution in [2.45, 2.75) is 9.79 Å². The quantitative estimate of drug-likeness (QED) is 0.635. The fourth-order valence-corrected chi connectivity index (χ4v) is 4.40. The molecule has 2 aromatic rings. The Bertz CT molecular complexity index is 952. The second-order valence-electron chi connectivity index (χ2n) is 4.88. The molecular weight excluding hydrogens is 406 g/mol. The van der Waals surface area contributed by atoms with E-state index in [4.69, 9.17) is 10.2 Å². The Morgan fingerprint density at radius 2 is 1.08 bits per heavy atom. The SMILES string of the molecule is O=S(=O)(CNS(=O)(=O)c1cc(F)c(O)c(F)c1)c1cc(F)c(O)c(F)c1. The van der Waals surface area contributed by atoms with E-state index in [0.29, 0.717) is 0 Å². The first kappa shape index (κ1) is 19.9. The van der Waals surface area contributed by atoms with Gasteiger partial charge in [-0.2, -0.15) is 4.72 Å². The third kappa shape index (κ3) is 3.89. The van der Waals surface area contributed by atoms with Crippen LogP contribution in [0.1, 0.15) is 0 Å². The zero-order chi connectivity index (χ0) is 19.9. The Kier molecular flexibility index (Phi) is 5.17. The third-order valence-electron chi connectivity index (χ3n) is 3.09. The molecule has 13 heteroatoms. The zero-order valence-electron chi connectivity index (χ0n) is 12.4. The molecule has 0 fully saturated rings. The minimum absolute atomic E-state index is 0.243. The molecule has 0 aromatic heterocycles. The second-order valence-corrected chi connectivity index (χ2v) is 8.63. The number of phenols is 2. The summed E-state index contributed by atoms with van der Waals surface area (Å²) >= 11 is 0. The number of hydrogen-bond acceptors (Lipinski definition) is 6. The zero-order valence-corrected chi connectivity index (χ0v) is 14.0. The molecule has 3 N–H and O–H groups in total. The number of sulfonamides is 1. The summed E-state index contributed by atoms with van der Waals surface area (Å²) in [5.74, 6) is -10.6. The van der Waals surface area contributed by atoms with Crippen molar-refractivity contribution < 1.29 is 44.6 Å². The van der Waals surface area contributed by atoms with Gasteiger partial charge in [0.25, 0.3) is 0 Å². The van der Waals surface area contributed by atoms with E-state index in [1.165, 1.54) is 4.72 Å². The van der Waals surface area contributed by atoms with E-state index in [2.05, 4.69) is 0 Å². The van der Waals surface area contributed by atoms with Crippen LogP contribution in [0.15, 0.2) is 34.1 Å². The van der Waals surface area contributed by atoms with Gasteiger partial charge in [0.05, 0.1) is 9.79 Å². The molecular formula is C13H9F4NO6S2. The smallest absolute Gasteiger partial charge is 0.241 e. The maximum Gasteiger partial charge on any atom is 0.241 e. The molecule has 0 aliphatic rings. The first-order valence-corrected chi connectivity index (χ1v) is 9.57. The van der Waals surface area contributed by atoms with E-state index in [1.54, 1.807) is 0 Å². The van der Waals surface area contributed by atoms with E-state index in [0.717, 1.165) is 0 Å². The van der Waals surface area contributed by atoms with Gasteiger partial charge in [-0.3, -0.25) is 0 Å². The van der Waals surface area contributed by atoms with Gasteiger partial charge >= 0.3 is 0 Å². The van der Waals surface area contributed by atoms with Gasteiger partial charge in [-0.25, -0.2) is 34.4 Å². The van der Waals surface area contributed by atoms with Gasteiger partial charge in [-0.15, -0.1) is 0 Å². The summed E-state index contributed by atoms with van der Waals surface area (Å²) in [6.45, 7) is 0. The lowest BCUT2D eigenvalue weighted by molar-refractivity contribution is 0.393. The third-order valence-corrected chi connectivity index (χ3v) is 6.13. The average molecular weight is 415 g/mol. The lowest BCUT2D eigenvalue weighted by Crippen LogP contribution is -2.30. The summed E-state index contributed by atoms with van der Waals surface area (Å²) in [7, 11) is -9.36. The van der Waals surface area contributed by atoms with Crippen molar-refractivity contribution >= 4 is 19.9 Å².